The molecule has 1 atom stereocenters. The van der Waals surface area contributed by atoms with E-state index in [9.17, 15) is 0 Å². The summed E-state index contributed by atoms with van der Waals surface area (Å²) in [6, 6.07) is 0. The van der Waals surface area contributed by atoms with E-state index in [1.54, 1.807) is 5.57 Å². The molecule has 0 bridgehead atoms. The van der Waals surface area contributed by atoms with Crippen LogP contribution in [-0.4, -0.2) is 13.1 Å². The number of allylic oxidation sites excluding steroid dienone is 1. The third kappa shape index (κ3) is 1.71. The SMILES string of the molecule is CC(/C=C1/CCNC1)C1CCC1. The lowest BCUT2D eigenvalue weighted by atomic mass is 9.76. The van der Waals surface area contributed by atoms with Crippen molar-refractivity contribution in [2.24, 2.45) is 11.8 Å². The summed E-state index contributed by atoms with van der Waals surface area (Å²) in [4.78, 5) is 0. The third-order valence-electron chi connectivity index (χ3n) is 3.37. The van der Waals surface area contributed by atoms with E-state index in [0.29, 0.717) is 0 Å². The monoisotopic (exact) mass is 165 g/mol. The van der Waals surface area contributed by atoms with E-state index in [2.05, 4.69) is 18.3 Å². The van der Waals surface area contributed by atoms with Gasteiger partial charge in [-0.25, -0.2) is 0 Å². The summed E-state index contributed by atoms with van der Waals surface area (Å²) < 4.78 is 0. The van der Waals surface area contributed by atoms with Crippen molar-refractivity contribution in [3.63, 3.8) is 0 Å². The van der Waals surface area contributed by atoms with Crippen LogP contribution in [0.2, 0.25) is 0 Å². The van der Waals surface area contributed by atoms with E-state index < -0.39 is 0 Å². The van der Waals surface area contributed by atoms with Gasteiger partial charge in [-0.05, 0) is 37.6 Å². The van der Waals surface area contributed by atoms with Crippen LogP contribution in [0.3, 0.4) is 0 Å². The number of hydrogen-bond donors (Lipinski definition) is 1. The summed E-state index contributed by atoms with van der Waals surface area (Å²) in [7, 11) is 0. The fraction of sp³-hybridized carbons (Fsp3) is 0.818. The van der Waals surface area contributed by atoms with Gasteiger partial charge in [0.1, 0.15) is 0 Å². The Kier molecular flexibility index (Phi) is 2.50. The first kappa shape index (κ1) is 8.31. The molecule has 1 saturated carbocycles. The van der Waals surface area contributed by atoms with Crippen LogP contribution in [0, 0.1) is 11.8 Å². The van der Waals surface area contributed by atoms with Gasteiger partial charge in [0.15, 0.2) is 0 Å². The molecule has 1 unspecified atom stereocenters. The lowest BCUT2D eigenvalue weighted by Gasteiger charge is -2.30. The zero-order chi connectivity index (χ0) is 8.39. The molecule has 0 aromatic heterocycles. The topological polar surface area (TPSA) is 12.0 Å². The van der Waals surface area contributed by atoms with Crippen molar-refractivity contribution < 1.29 is 0 Å². The maximum Gasteiger partial charge on any atom is 0.0165 e. The summed E-state index contributed by atoms with van der Waals surface area (Å²) in [5.41, 5.74) is 1.65. The van der Waals surface area contributed by atoms with Gasteiger partial charge in [-0.15, -0.1) is 0 Å². The van der Waals surface area contributed by atoms with Crippen molar-refractivity contribution >= 4 is 0 Å². The molecular weight excluding hydrogens is 146 g/mol. The quantitative estimate of drug-likeness (QED) is 0.619. The van der Waals surface area contributed by atoms with E-state index in [1.807, 2.05) is 0 Å². The van der Waals surface area contributed by atoms with Crippen LogP contribution in [0.4, 0.5) is 0 Å². The number of hydrogen-bond acceptors (Lipinski definition) is 1. The van der Waals surface area contributed by atoms with Crippen molar-refractivity contribution in [1.82, 2.24) is 5.32 Å². The van der Waals surface area contributed by atoms with E-state index in [0.717, 1.165) is 18.4 Å². The minimum atomic E-state index is 0.841. The van der Waals surface area contributed by atoms with Crippen LogP contribution in [0.5, 0.6) is 0 Å². The van der Waals surface area contributed by atoms with Crippen molar-refractivity contribution in [3.8, 4) is 0 Å². The molecular formula is C11H19N. The molecule has 1 aliphatic carbocycles. The molecule has 2 aliphatic rings. The average Bonchev–Trinajstić information content (AvgIpc) is 2.34. The van der Waals surface area contributed by atoms with Crippen LogP contribution in [0.15, 0.2) is 11.6 Å². The van der Waals surface area contributed by atoms with E-state index >= 15 is 0 Å². The largest absolute Gasteiger partial charge is 0.313 e. The van der Waals surface area contributed by atoms with Crippen molar-refractivity contribution in [3.05, 3.63) is 11.6 Å². The first-order valence-electron chi connectivity index (χ1n) is 5.26. The predicted octanol–water partition coefficient (Wildman–Crippen LogP) is 2.34. The highest BCUT2D eigenvalue weighted by Gasteiger charge is 2.22. The molecule has 0 aromatic rings. The molecule has 1 heteroatoms. The Morgan fingerprint density at radius 2 is 2.33 bits per heavy atom. The Bertz CT molecular complexity index is 171. The fourth-order valence-electron chi connectivity index (χ4n) is 2.20. The van der Waals surface area contributed by atoms with Gasteiger partial charge >= 0.3 is 0 Å². The first-order chi connectivity index (χ1) is 5.86. The van der Waals surface area contributed by atoms with E-state index in [1.165, 1.54) is 32.2 Å². The maximum atomic E-state index is 3.38. The van der Waals surface area contributed by atoms with Gasteiger partial charge in [0.05, 0.1) is 0 Å². The maximum absolute atomic E-state index is 3.38. The minimum Gasteiger partial charge on any atom is -0.313 e. The molecule has 0 amide bonds. The molecule has 68 valence electrons. The van der Waals surface area contributed by atoms with Gasteiger partial charge in [-0.3, -0.25) is 0 Å². The van der Waals surface area contributed by atoms with Crippen molar-refractivity contribution in [2.45, 2.75) is 32.6 Å². The molecule has 1 saturated heterocycles. The molecule has 0 radical (unpaired) electrons. The standard InChI is InChI=1S/C11H19N/c1-9(11-3-2-4-11)7-10-5-6-12-8-10/h7,9,11-12H,2-6,8H2,1H3/b10-7-. The second-order valence-electron chi connectivity index (χ2n) is 4.30. The number of nitrogens with one attached hydrogen (secondary N) is 1. The average molecular weight is 165 g/mol. The smallest absolute Gasteiger partial charge is 0.0165 e. The zero-order valence-electron chi connectivity index (χ0n) is 7.97. The third-order valence-corrected chi connectivity index (χ3v) is 3.37. The summed E-state index contributed by atoms with van der Waals surface area (Å²) >= 11 is 0. The van der Waals surface area contributed by atoms with Gasteiger partial charge in [0, 0.05) is 6.54 Å². The predicted molar refractivity (Wildman–Crippen MR) is 52.1 cm³/mol. The zero-order valence-corrected chi connectivity index (χ0v) is 7.97. The van der Waals surface area contributed by atoms with Gasteiger partial charge < -0.3 is 5.32 Å². The van der Waals surface area contributed by atoms with Gasteiger partial charge in [-0.2, -0.15) is 0 Å². The second kappa shape index (κ2) is 3.61. The van der Waals surface area contributed by atoms with Gasteiger partial charge in [-0.1, -0.05) is 25.0 Å². The Morgan fingerprint density at radius 3 is 2.83 bits per heavy atom. The van der Waals surface area contributed by atoms with E-state index in [4.69, 9.17) is 0 Å². The normalized spacial score (nSPS) is 30.6. The molecule has 0 aromatic carbocycles. The van der Waals surface area contributed by atoms with Crippen molar-refractivity contribution in [2.75, 3.05) is 13.1 Å². The summed E-state index contributed by atoms with van der Waals surface area (Å²) in [6.07, 6.45) is 8.22. The number of rotatable bonds is 2. The highest BCUT2D eigenvalue weighted by molar-refractivity contribution is 5.11. The van der Waals surface area contributed by atoms with Gasteiger partial charge in [0.2, 0.25) is 0 Å². The summed E-state index contributed by atoms with van der Waals surface area (Å²) in [5, 5.41) is 3.38. The van der Waals surface area contributed by atoms with Crippen LogP contribution in [-0.2, 0) is 0 Å². The Hall–Kier alpha value is -0.300. The molecule has 0 spiro atoms. The molecule has 1 heterocycles. The summed E-state index contributed by atoms with van der Waals surface area (Å²) in [6.45, 7) is 4.73. The lowest BCUT2D eigenvalue weighted by Crippen LogP contribution is -2.18. The molecule has 1 N–H and O–H groups in total. The lowest BCUT2D eigenvalue weighted by molar-refractivity contribution is 0.254. The highest BCUT2D eigenvalue weighted by atomic mass is 14.9. The van der Waals surface area contributed by atoms with Gasteiger partial charge in [0.25, 0.3) is 0 Å². The molecule has 2 fully saturated rings. The van der Waals surface area contributed by atoms with Crippen molar-refractivity contribution in [1.29, 1.82) is 0 Å². The van der Waals surface area contributed by atoms with Crippen LogP contribution in [0.1, 0.15) is 32.6 Å². The fourth-order valence-corrected chi connectivity index (χ4v) is 2.20. The Morgan fingerprint density at radius 1 is 1.50 bits per heavy atom. The van der Waals surface area contributed by atoms with Crippen LogP contribution >= 0.6 is 0 Å². The van der Waals surface area contributed by atoms with Crippen LogP contribution in [0.25, 0.3) is 0 Å². The molecule has 2 rings (SSSR count). The Labute approximate surface area is 75.2 Å². The Balaban J connectivity index is 1.86. The molecule has 1 nitrogen and oxygen atoms in total. The highest BCUT2D eigenvalue weighted by Crippen LogP contribution is 2.34. The first-order valence-corrected chi connectivity index (χ1v) is 5.26. The molecule has 1 aliphatic heterocycles. The van der Waals surface area contributed by atoms with Crippen LogP contribution < -0.4 is 5.32 Å². The molecule has 12 heavy (non-hydrogen) atoms. The van der Waals surface area contributed by atoms with E-state index in [-0.39, 0.29) is 0 Å². The summed E-state index contributed by atoms with van der Waals surface area (Å²) in [5.74, 6) is 1.85. The minimum absolute atomic E-state index is 0.841. The second-order valence-corrected chi connectivity index (χ2v) is 4.30.